The summed E-state index contributed by atoms with van der Waals surface area (Å²) in [6, 6.07) is 14.4. The number of rotatable bonds is 7. The largest absolute Gasteiger partial charge is 0.483 e. The highest BCUT2D eigenvalue weighted by Crippen LogP contribution is 2.23. The molecule has 26 heavy (non-hydrogen) atoms. The van der Waals surface area contributed by atoms with Gasteiger partial charge < -0.3 is 15.0 Å². The van der Waals surface area contributed by atoms with E-state index in [0.29, 0.717) is 17.3 Å². The highest BCUT2D eigenvalue weighted by molar-refractivity contribution is 6.06. The van der Waals surface area contributed by atoms with E-state index in [2.05, 4.69) is 17.2 Å². The Morgan fingerprint density at radius 3 is 2.65 bits per heavy atom. The Morgan fingerprint density at radius 2 is 1.88 bits per heavy atom. The van der Waals surface area contributed by atoms with Crippen LogP contribution < -0.4 is 15.8 Å². The minimum absolute atomic E-state index is 0.293. The molecule has 134 valence electrons. The van der Waals surface area contributed by atoms with Gasteiger partial charge in [-0.2, -0.15) is 0 Å². The van der Waals surface area contributed by atoms with Crippen molar-refractivity contribution in [3.63, 3.8) is 0 Å². The highest BCUT2D eigenvalue weighted by atomic mass is 16.5. The maximum atomic E-state index is 12.8. The molecular weight excluding hydrogens is 332 g/mol. The zero-order chi connectivity index (χ0) is 18.5. The molecule has 3 rings (SSSR count). The summed E-state index contributed by atoms with van der Waals surface area (Å²) in [4.78, 5) is 28.2. The minimum atomic E-state index is -0.607. The smallest absolute Gasteiger partial charge is 0.261 e. The van der Waals surface area contributed by atoms with Crippen LogP contribution >= 0.6 is 0 Å². The number of carbonyl (C=O) groups is 2. The summed E-state index contributed by atoms with van der Waals surface area (Å²) in [5, 5.41) is 2.85. The van der Waals surface area contributed by atoms with Gasteiger partial charge >= 0.3 is 0 Å². The Balaban J connectivity index is 1.90. The van der Waals surface area contributed by atoms with Crippen LogP contribution in [0.2, 0.25) is 0 Å². The molecule has 3 N–H and O–H groups in total. The lowest BCUT2D eigenvalue weighted by Crippen LogP contribution is -2.22. The molecule has 0 unspecified atom stereocenters. The fourth-order valence-electron chi connectivity index (χ4n) is 2.72. The van der Waals surface area contributed by atoms with Crippen LogP contribution in [0.15, 0.2) is 48.5 Å². The molecule has 0 aliphatic heterocycles. The fraction of sp³-hybridized carbons (Fsp3) is 0.211. The van der Waals surface area contributed by atoms with E-state index in [1.807, 2.05) is 28.8 Å². The zero-order valence-corrected chi connectivity index (χ0v) is 14.4. The van der Waals surface area contributed by atoms with Gasteiger partial charge in [0.05, 0.1) is 16.6 Å². The molecule has 0 aliphatic rings. The number of para-hydroxylation sites is 3. The quantitative estimate of drug-likeness (QED) is 0.682. The van der Waals surface area contributed by atoms with Crippen molar-refractivity contribution in [2.24, 2.45) is 5.73 Å². The second-order valence-electron chi connectivity index (χ2n) is 5.78. The summed E-state index contributed by atoms with van der Waals surface area (Å²) in [5.74, 6) is -0.201. The van der Waals surface area contributed by atoms with Gasteiger partial charge in [0.1, 0.15) is 5.75 Å². The number of benzene rings is 2. The summed E-state index contributed by atoms with van der Waals surface area (Å²) >= 11 is 0. The number of nitrogens with two attached hydrogens (primary N) is 1. The van der Waals surface area contributed by atoms with Gasteiger partial charge in [0.2, 0.25) is 5.95 Å². The molecule has 1 aromatic heterocycles. The predicted molar refractivity (Wildman–Crippen MR) is 99.1 cm³/mol. The van der Waals surface area contributed by atoms with Crippen LogP contribution in [-0.2, 0) is 11.3 Å². The molecule has 0 radical (unpaired) electrons. The fourth-order valence-corrected chi connectivity index (χ4v) is 2.72. The van der Waals surface area contributed by atoms with Crippen molar-refractivity contribution >= 4 is 28.8 Å². The van der Waals surface area contributed by atoms with Crippen LogP contribution in [0.3, 0.4) is 0 Å². The minimum Gasteiger partial charge on any atom is -0.483 e. The normalized spacial score (nSPS) is 10.7. The summed E-state index contributed by atoms with van der Waals surface area (Å²) in [5.41, 5.74) is 7.19. The number of hydrogen-bond donors (Lipinski definition) is 2. The monoisotopic (exact) mass is 352 g/mol. The number of aryl methyl sites for hydroxylation is 1. The van der Waals surface area contributed by atoms with Crippen LogP contribution in [-0.4, -0.2) is 28.0 Å². The van der Waals surface area contributed by atoms with Crippen LogP contribution in [0.1, 0.15) is 23.7 Å². The molecule has 7 heteroatoms. The van der Waals surface area contributed by atoms with E-state index in [9.17, 15) is 9.59 Å². The number of ether oxygens (including phenoxy) is 1. The number of imidazole rings is 1. The van der Waals surface area contributed by atoms with E-state index in [4.69, 9.17) is 10.5 Å². The third-order valence-corrected chi connectivity index (χ3v) is 3.83. The van der Waals surface area contributed by atoms with E-state index >= 15 is 0 Å². The predicted octanol–water partition coefficient (Wildman–Crippen LogP) is 2.56. The van der Waals surface area contributed by atoms with E-state index < -0.39 is 5.91 Å². The van der Waals surface area contributed by atoms with E-state index in [0.717, 1.165) is 24.0 Å². The molecule has 0 saturated heterocycles. The Morgan fingerprint density at radius 1 is 1.15 bits per heavy atom. The lowest BCUT2D eigenvalue weighted by molar-refractivity contribution is -0.119. The summed E-state index contributed by atoms with van der Waals surface area (Å²) in [6.07, 6.45) is 0.904. The van der Waals surface area contributed by atoms with Gasteiger partial charge in [-0.25, -0.2) is 4.98 Å². The van der Waals surface area contributed by atoms with Gasteiger partial charge in [0.25, 0.3) is 11.8 Å². The average Bonchev–Trinajstić information content (AvgIpc) is 2.98. The Hall–Kier alpha value is -3.35. The number of nitrogens with zero attached hydrogens (tertiary/aromatic N) is 2. The van der Waals surface area contributed by atoms with Gasteiger partial charge in [0.15, 0.2) is 6.61 Å². The number of amides is 2. The van der Waals surface area contributed by atoms with Gasteiger partial charge in [0, 0.05) is 6.54 Å². The topological polar surface area (TPSA) is 99.2 Å². The molecule has 3 aromatic rings. The number of nitrogens with one attached hydrogen (secondary N) is 1. The van der Waals surface area contributed by atoms with Gasteiger partial charge in [-0.3, -0.25) is 14.9 Å². The van der Waals surface area contributed by atoms with Crippen molar-refractivity contribution in [3.8, 4) is 5.75 Å². The third kappa shape index (κ3) is 3.66. The molecule has 0 aliphatic carbocycles. The number of aromatic nitrogens is 2. The summed E-state index contributed by atoms with van der Waals surface area (Å²) in [6.45, 7) is 2.50. The van der Waals surface area contributed by atoms with Gasteiger partial charge in [-0.15, -0.1) is 0 Å². The second kappa shape index (κ2) is 7.69. The number of primary amides is 1. The lowest BCUT2D eigenvalue weighted by atomic mass is 10.2. The van der Waals surface area contributed by atoms with Crippen molar-refractivity contribution in [2.75, 3.05) is 11.9 Å². The second-order valence-corrected chi connectivity index (χ2v) is 5.78. The van der Waals surface area contributed by atoms with Gasteiger partial charge in [-0.1, -0.05) is 31.2 Å². The summed E-state index contributed by atoms with van der Waals surface area (Å²) in [7, 11) is 0. The van der Waals surface area contributed by atoms with Crippen LogP contribution in [0.4, 0.5) is 5.95 Å². The van der Waals surface area contributed by atoms with Crippen LogP contribution in [0, 0.1) is 0 Å². The maximum Gasteiger partial charge on any atom is 0.261 e. The molecule has 0 spiro atoms. The van der Waals surface area contributed by atoms with Crippen LogP contribution in [0.25, 0.3) is 11.0 Å². The third-order valence-electron chi connectivity index (χ3n) is 3.83. The maximum absolute atomic E-state index is 12.8. The molecule has 0 bridgehead atoms. The van der Waals surface area contributed by atoms with Crippen molar-refractivity contribution in [3.05, 3.63) is 54.1 Å². The number of hydrogen-bond acceptors (Lipinski definition) is 4. The van der Waals surface area contributed by atoms with E-state index in [1.165, 1.54) is 0 Å². The van der Waals surface area contributed by atoms with Crippen molar-refractivity contribution in [1.82, 2.24) is 9.55 Å². The molecule has 2 aromatic carbocycles. The van der Waals surface area contributed by atoms with Gasteiger partial charge in [-0.05, 0) is 30.7 Å². The van der Waals surface area contributed by atoms with Crippen molar-refractivity contribution < 1.29 is 14.3 Å². The molecule has 7 nitrogen and oxygen atoms in total. The molecule has 0 atom stereocenters. The van der Waals surface area contributed by atoms with E-state index in [-0.39, 0.29) is 12.5 Å². The first-order valence-electron chi connectivity index (χ1n) is 8.37. The molecule has 1 heterocycles. The SMILES string of the molecule is CCCn1c(NC(=O)c2ccccc2OCC(N)=O)nc2ccccc21. The zero-order valence-electron chi connectivity index (χ0n) is 14.4. The first-order chi connectivity index (χ1) is 12.6. The first kappa shape index (κ1) is 17.5. The first-order valence-corrected chi connectivity index (χ1v) is 8.37. The molecule has 0 fully saturated rings. The van der Waals surface area contributed by atoms with Crippen molar-refractivity contribution in [2.45, 2.75) is 19.9 Å². The number of fused-ring (bicyclic) bond motifs is 1. The molecule has 0 saturated carbocycles. The summed E-state index contributed by atoms with van der Waals surface area (Å²) < 4.78 is 7.30. The molecule has 2 amide bonds. The average molecular weight is 352 g/mol. The van der Waals surface area contributed by atoms with Crippen molar-refractivity contribution in [1.29, 1.82) is 0 Å². The Labute approximate surface area is 150 Å². The molecular formula is C19H20N4O3. The Bertz CT molecular complexity index is 949. The number of carbonyl (C=O) groups excluding carboxylic acids is 2. The Kier molecular flexibility index (Phi) is 5.17. The van der Waals surface area contributed by atoms with Crippen LogP contribution in [0.5, 0.6) is 5.75 Å². The highest BCUT2D eigenvalue weighted by Gasteiger charge is 2.17. The van der Waals surface area contributed by atoms with E-state index in [1.54, 1.807) is 24.3 Å². The lowest BCUT2D eigenvalue weighted by Gasteiger charge is -2.12. The standard InChI is InChI=1S/C19H20N4O3/c1-2-11-23-15-9-5-4-8-14(15)21-19(23)22-18(25)13-7-3-6-10-16(13)26-12-17(20)24/h3-10H,2,11-12H2,1H3,(H2,20,24)(H,21,22,25). The number of anilines is 1.